The molecule has 2 heterocycles. The zero-order chi connectivity index (χ0) is 20.7. The number of halogens is 1. The Morgan fingerprint density at radius 3 is 2.27 bits per heavy atom. The molecular formula is C22H15FN4O2S. The second kappa shape index (κ2) is 6.93. The van der Waals surface area contributed by atoms with E-state index in [1.807, 2.05) is 24.3 Å². The maximum Gasteiger partial charge on any atom is 0.209 e. The van der Waals surface area contributed by atoms with Crippen molar-refractivity contribution in [2.75, 3.05) is 5.43 Å². The lowest BCUT2D eigenvalue weighted by molar-refractivity contribution is 0.567. The molecule has 5 rings (SSSR count). The topological polar surface area (TPSA) is 76.9 Å². The minimum Gasteiger partial charge on any atom is -0.293 e. The number of benzene rings is 3. The van der Waals surface area contributed by atoms with E-state index in [-0.39, 0.29) is 4.90 Å². The van der Waals surface area contributed by atoms with Crippen molar-refractivity contribution in [2.45, 2.75) is 9.79 Å². The summed E-state index contributed by atoms with van der Waals surface area (Å²) in [4.78, 5) is 8.82. The quantitative estimate of drug-likeness (QED) is 0.467. The summed E-state index contributed by atoms with van der Waals surface area (Å²) in [6, 6.07) is 21.0. The van der Waals surface area contributed by atoms with Gasteiger partial charge in [-0.3, -0.25) is 5.43 Å². The van der Waals surface area contributed by atoms with Gasteiger partial charge in [0.25, 0.3) is 0 Å². The van der Waals surface area contributed by atoms with E-state index in [1.165, 1.54) is 24.3 Å². The third-order valence-corrected chi connectivity index (χ3v) is 6.50. The van der Waals surface area contributed by atoms with E-state index < -0.39 is 20.5 Å². The van der Waals surface area contributed by atoms with Crippen LogP contribution in [0.3, 0.4) is 0 Å². The van der Waals surface area contributed by atoms with Crippen LogP contribution in [-0.2, 0) is 9.84 Å². The fourth-order valence-electron chi connectivity index (χ4n) is 3.24. The number of nitrogens with one attached hydrogen (secondary N) is 1. The molecule has 0 atom stereocenters. The molecule has 0 aliphatic rings. The van der Waals surface area contributed by atoms with Gasteiger partial charge in [0.2, 0.25) is 9.84 Å². The lowest BCUT2D eigenvalue weighted by atomic mass is 10.3. The number of nitrogens with zero attached hydrogens (tertiary/aromatic N) is 3. The summed E-state index contributed by atoms with van der Waals surface area (Å²) >= 11 is 0. The number of rotatable bonds is 4. The van der Waals surface area contributed by atoms with Gasteiger partial charge in [-0.2, -0.15) is 0 Å². The molecule has 0 spiro atoms. The number of sulfone groups is 1. The normalized spacial score (nSPS) is 11.8. The number of hydrogen-bond acceptors (Lipinski definition) is 5. The fraction of sp³-hybridized carbons (Fsp3) is 0. The molecule has 30 heavy (non-hydrogen) atoms. The number of anilines is 1. The number of aromatic nitrogens is 3. The van der Waals surface area contributed by atoms with Crippen LogP contribution in [0, 0.1) is 5.82 Å². The molecule has 0 aliphatic heterocycles. The van der Waals surface area contributed by atoms with Crippen LogP contribution in [0.15, 0.2) is 94.9 Å². The van der Waals surface area contributed by atoms with Crippen LogP contribution in [0.2, 0.25) is 0 Å². The van der Waals surface area contributed by atoms with Crippen molar-refractivity contribution < 1.29 is 12.8 Å². The first-order chi connectivity index (χ1) is 14.5. The van der Waals surface area contributed by atoms with Gasteiger partial charge < -0.3 is 0 Å². The molecule has 0 bridgehead atoms. The fourth-order valence-corrected chi connectivity index (χ4v) is 4.62. The standard InChI is InChI=1S/C22H15FN4O2S/c23-17-11-10-15(14-21(17)30(28,29)16-6-2-1-3-7-16)26-27-13-12-20-22(27)25-19-9-5-4-8-18(19)24-20/h1-14,26H. The predicted octanol–water partition coefficient (Wildman–Crippen LogP) is 4.43. The molecule has 6 nitrogen and oxygen atoms in total. The van der Waals surface area contributed by atoms with E-state index in [2.05, 4.69) is 15.4 Å². The predicted molar refractivity (Wildman–Crippen MR) is 112 cm³/mol. The number of fused-ring (bicyclic) bond motifs is 2. The van der Waals surface area contributed by atoms with Gasteiger partial charge >= 0.3 is 0 Å². The van der Waals surface area contributed by atoms with Crippen molar-refractivity contribution in [3.8, 4) is 0 Å². The van der Waals surface area contributed by atoms with Crippen LogP contribution < -0.4 is 5.43 Å². The number of hydrogen-bond donors (Lipinski definition) is 1. The number of para-hydroxylation sites is 2. The summed E-state index contributed by atoms with van der Waals surface area (Å²) in [5.41, 5.74) is 6.24. The van der Waals surface area contributed by atoms with Gasteiger partial charge in [-0.1, -0.05) is 30.3 Å². The first-order valence-electron chi connectivity index (χ1n) is 9.13. The van der Waals surface area contributed by atoms with Crippen LogP contribution in [0.4, 0.5) is 10.1 Å². The summed E-state index contributed by atoms with van der Waals surface area (Å²) in [5.74, 6) is -0.812. The van der Waals surface area contributed by atoms with Crippen molar-refractivity contribution in [2.24, 2.45) is 0 Å². The Hall–Kier alpha value is -3.78. The van der Waals surface area contributed by atoms with Crippen LogP contribution in [0.1, 0.15) is 0 Å². The lowest BCUT2D eigenvalue weighted by Crippen LogP contribution is -2.10. The van der Waals surface area contributed by atoms with Crippen molar-refractivity contribution in [1.82, 2.24) is 14.6 Å². The van der Waals surface area contributed by atoms with Gasteiger partial charge in [0.15, 0.2) is 5.65 Å². The molecule has 0 saturated heterocycles. The van der Waals surface area contributed by atoms with Crippen molar-refractivity contribution in [3.05, 3.63) is 90.9 Å². The van der Waals surface area contributed by atoms with Crippen molar-refractivity contribution in [1.29, 1.82) is 0 Å². The molecule has 0 saturated carbocycles. The average molecular weight is 418 g/mol. The van der Waals surface area contributed by atoms with Crippen molar-refractivity contribution >= 4 is 37.7 Å². The van der Waals surface area contributed by atoms with Gasteiger partial charge in [-0.05, 0) is 48.5 Å². The largest absolute Gasteiger partial charge is 0.293 e. The highest BCUT2D eigenvalue weighted by atomic mass is 32.2. The van der Waals surface area contributed by atoms with Gasteiger partial charge in [-0.25, -0.2) is 27.5 Å². The molecular weight excluding hydrogens is 403 g/mol. The molecule has 0 amide bonds. The molecule has 0 aliphatic carbocycles. The second-order valence-corrected chi connectivity index (χ2v) is 8.60. The minimum atomic E-state index is -3.99. The van der Waals surface area contributed by atoms with E-state index in [4.69, 9.17) is 0 Å². The highest BCUT2D eigenvalue weighted by Gasteiger charge is 2.22. The maximum absolute atomic E-state index is 14.4. The Kier molecular flexibility index (Phi) is 4.22. The summed E-state index contributed by atoms with van der Waals surface area (Å²) in [7, 11) is -3.99. The van der Waals surface area contributed by atoms with Crippen LogP contribution in [0.25, 0.3) is 22.2 Å². The molecule has 0 unspecified atom stereocenters. The molecule has 5 aromatic rings. The summed E-state index contributed by atoms with van der Waals surface area (Å²) < 4.78 is 41.8. The molecule has 0 radical (unpaired) electrons. The third-order valence-electron chi connectivity index (χ3n) is 4.71. The Balaban J connectivity index is 1.56. The summed E-state index contributed by atoms with van der Waals surface area (Å²) in [6.45, 7) is 0. The zero-order valence-electron chi connectivity index (χ0n) is 15.5. The van der Waals surface area contributed by atoms with Crippen molar-refractivity contribution in [3.63, 3.8) is 0 Å². The van der Waals surface area contributed by atoms with Crippen LogP contribution in [0.5, 0.6) is 0 Å². The molecule has 8 heteroatoms. The molecule has 3 aromatic carbocycles. The highest BCUT2D eigenvalue weighted by molar-refractivity contribution is 7.91. The SMILES string of the molecule is O=S(=O)(c1ccccc1)c1cc(Nn2ccc3nc4ccccc4nc32)ccc1F. The Bertz CT molecular complexity index is 1500. The van der Waals surface area contributed by atoms with Gasteiger partial charge in [-0.15, -0.1) is 0 Å². The van der Waals surface area contributed by atoms with E-state index in [0.29, 0.717) is 16.9 Å². The Morgan fingerprint density at radius 2 is 1.50 bits per heavy atom. The molecule has 2 aromatic heterocycles. The molecule has 0 fully saturated rings. The van der Waals surface area contributed by atoms with Crippen LogP contribution >= 0.6 is 0 Å². The second-order valence-electron chi connectivity index (χ2n) is 6.68. The minimum absolute atomic E-state index is 0.0322. The monoisotopic (exact) mass is 418 g/mol. The summed E-state index contributed by atoms with van der Waals surface area (Å²) in [6.07, 6.45) is 1.73. The molecule has 148 valence electrons. The lowest BCUT2D eigenvalue weighted by Gasteiger charge is -2.12. The smallest absolute Gasteiger partial charge is 0.209 e. The van der Waals surface area contributed by atoms with E-state index in [0.717, 1.165) is 17.1 Å². The highest BCUT2D eigenvalue weighted by Crippen LogP contribution is 2.26. The van der Waals surface area contributed by atoms with Gasteiger partial charge in [0, 0.05) is 6.20 Å². The maximum atomic E-state index is 14.4. The average Bonchev–Trinajstić information content (AvgIpc) is 3.15. The third kappa shape index (κ3) is 3.07. The van der Waals surface area contributed by atoms with Gasteiger partial charge in [0.1, 0.15) is 16.2 Å². The Labute approximate surface area is 171 Å². The van der Waals surface area contributed by atoms with Crippen LogP contribution in [-0.4, -0.2) is 23.1 Å². The first kappa shape index (κ1) is 18.3. The molecule has 1 N–H and O–H groups in total. The van der Waals surface area contributed by atoms with Gasteiger partial charge in [0.05, 0.1) is 21.6 Å². The van der Waals surface area contributed by atoms with E-state index in [9.17, 15) is 12.8 Å². The first-order valence-corrected chi connectivity index (χ1v) is 10.6. The summed E-state index contributed by atoms with van der Waals surface area (Å²) in [5, 5.41) is 0. The van der Waals surface area contributed by atoms with E-state index in [1.54, 1.807) is 35.1 Å². The van der Waals surface area contributed by atoms with E-state index >= 15 is 0 Å². The Morgan fingerprint density at radius 1 is 0.800 bits per heavy atom. The zero-order valence-corrected chi connectivity index (χ0v) is 16.3.